The van der Waals surface area contributed by atoms with Gasteiger partial charge < -0.3 is 10.1 Å². The summed E-state index contributed by atoms with van der Waals surface area (Å²) in [5.41, 5.74) is 3.14. The molecule has 4 rings (SSSR count). The second-order valence-corrected chi connectivity index (χ2v) is 8.06. The molecule has 0 atom stereocenters. The van der Waals surface area contributed by atoms with E-state index in [2.05, 4.69) is 15.3 Å². The lowest BCUT2D eigenvalue weighted by Gasteiger charge is -2.08. The predicted octanol–water partition coefficient (Wildman–Crippen LogP) is 3.44. The van der Waals surface area contributed by atoms with Crippen molar-refractivity contribution in [1.82, 2.24) is 14.5 Å². The fourth-order valence-corrected chi connectivity index (χ4v) is 4.57. The van der Waals surface area contributed by atoms with E-state index in [0.717, 1.165) is 21.5 Å². The number of anilines is 1. The number of carbonyl (C=O) groups is 2. The Labute approximate surface area is 181 Å². The molecule has 1 amide bonds. The third kappa shape index (κ3) is 4.04. The number of hydrogen-bond acceptors (Lipinski definition) is 7. The Kier molecular flexibility index (Phi) is 5.51. The van der Waals surface area contributed by atoms with Crippen LogP contribution in [0.25, 0.3) is 20.4 Å². The van der Waals surface area contributed by atoms with E-state index < -0.39 is 5.97 Å². The molecule has 3 aromatic heterocycles. The zero-order valence-electron chi connectivity index (χ0n) is 17.3. The van der Waals surface area contributed by atoms with Gasteiger partial charge in [0.15, 0.2) is 0 Å². The van der Waals surface area contributed by atoms with Crippen molar-refractivity contribution >= 4 is 49.3 Å². The Morgan fingerprint density at radius 3 is 2.65 bits per heavy atom. The van der Waals surface area contributed by atoms with Gasteiger partial charge in [0.2, 0.25) is 5.91 Å². The maximum absolute atomic E-state index is 12.9. The molecule has 0 radical (unpaired) electrons. The average molecular weight is 436 g/mol. The third-order valence-corrected chi connectivity index (χ3v) is 5.80. The summed E-state index contributed by atoms with van der Waals surface area (Å²) in [6.07, 6.45) is 1.39. The number of fused-ring (bicyclic) bond motifs is 3. The van der Waals surface area contributed by atoms with Crippen LogP contribution in [0.15, 0.2) is 41.5 Å². The van der Waals surface area contributed by atoms with E-state index >= 15 is 0 Å². The molecule has 0 aliphatic rings. The lowest BCUT2D eigenvalue weighted by Crippen LogP contribution is -2.27. The Morgan fingerprint density at radius 2 is 1.94 bits per heavy atom. The van der Waals surface area contributed by atoms with Crippen molar-refractivity contribution in [3.8, 4) is 0 Å². The van der Waals surface area contributed by atoms with E-state index in [1.807, 2.05) is 19.9 Å². The number of esters is 1. The van der Waals surface area contributed by atoms with E-state index in [4.69, 9.17) is 4.74 Å². The highest BCUT2D eigenvalue weighted by Crippen LogP contribution is 2.31. The number of thiophene rings is 1. The van der Waals surface area contributed by atoms with Crippen LogP contribution < -0.4 is 10.9 Å². The number of ether oxygens (including phenoxy) is 1. The maximum Gasteiger partial charge on any atom is 0.338 e. The molecule has 4 aromatic rings. The first-order chi connectivity index (χ1) is 14.9. The van der Waals surface area contributed by atoms with E-state index in [1.54, 1.807) is 31.2 Å². The summed E-state index contributed by atoms with van der Waals surface area (Å²) in [4.78, 5) is 46.8. The standard InChI is InChI=1S/C22H20N4O4S/c1-4-30-22(29)14-5-7-15(8-6-14)25-16(27)10-26-11-23-18-17-12(2)9-13(3)24-20(17)31-19(18)21(26)28/h5-9,11H,4,10H2,1-3H3,(H,25,27). The van der Waals surface area contributed by atoms with E-state index in [-0.39, 0.29) is 18.0 Å². The van der Waals surface area contributed by atoms with Crippen LogP contribution in [0.5, 0.6) is 0 Å². The first-order valence-corrected chi connectivity index (χ1v) is 10.5. The molecule has 1 N–H and O–H groups in total. The Morgan fingerprint density at radius 1 is 1.19 bits per heavy atom. The monoisotopic (exact) mass is 436 g/mol. The first-order valence-electron chi connectivity index (χ1n) is 9.70. The molecule has 0 fully saturated rings. The minimum absolute atomic E-state index is 0.179. The topological polar surface area (TPSA) is 103 Å². The van der Waals surface area contributed by atoms with Crippen LogP contribution in [0.1, 0.15) is 28.5 Å². The summed E-state index contributed by atoms with van der Waals surface area (Å²) < 4.78 is 6.69. The van der Waals surface area contributed by atoms with E-state index in [0.29, 0.717) is 28.1 Å². The highest BCUT2D eigenvalue weighted by molar-refractivity contribution is 7.25. The van der Waals surface area contributed by atoms with Crippen LogP contribution in [-0.4, -0.2) is 33.0 Å². The summed E-state index contributed by atoms with van der Waals surface area (Å²) in [6.45, 7) is 5.72. The number of aromatic nitrogens is 3. The second kappa shape index (κ2) is 8.27. The molecule has 0 aliphatic heterocycles. The van der Waals surface area contributed by atoms with Gasteiger partial charge in [-0.05, 0) is 56.7 Å². The molecule has 8 nitrogen and oxygen atoms in total. The molecule has 0 unspecified atom stereocenters. The van der Waals surface area contributed by atoms with Crippen LogP contribution in [0.2, 0.25) is 0 Å². The van der Waals surface area contributed by atoms with Crippen LogP contribution >= 0.6 is 11.3 Å². The van der Waals surface area contributed by atoms with E-state index in [9.17, 15) is 14.4 Å². The quantitative estimate of drug-likeness (QED) is 0.481. The smallest absolute Gasteiger partial charge is 0.338 e. The van der Waals surface area contributed by atoms with Gasteiger partial charge in [-0.1, -0.05) is 0 Å². The van der Waals surface area contributed by atoms with Crippen molar-refractivity contribution in [2.45, 2.75) is 27.3 Å². The van der Waals surface area contributed by atoms with Crippen molar-refractivity contribution in [3.63, 3.8) is 0 Å². The van der Waals surface area contributed by atoms with Gasteiger partial charge in [-0.25, -0.2) is 14.8 Å². The zero-order chi connectivity index (χ0) is 22.1. The van der Waals surface area contributed by atoms with Gasteiger partial charge in [0, 0.05) is 16.8 Å². The van der Waals surface area contributed by atoms with Crippen LogP contribution in [-0.2, 0) is 16.1 Å². The molecular formula is C22H20N4O4S. The number of carbonyl (C=O) groups excluding carboxylic acids is 2. The van der Waals surface area contributed by atoms with Crippen molar-refractivity contribution in [2.24, 2.45) is 0 Å². The lowest BCUT2D eigenvalue weighted by atomic mass is 10.1. The minimum atomic E-state index is -0.422. The molecule has 0 saturated carbocycles. The Balaban J connectivity index is 1.56. The molecule has 0 spiro atoms. The molecule has 1 aromatic carbocycles. The van der Waals surface area contributed by atoms with Crippen LogP contribution in [0.3, 0.4) is 0 Å². The van der Waals surface area contributed by atoms with Crippen molar-refractivity contribution in [2.75, 3.05) is 11.9 Å². The number of amides is 1. The average Bonchev–Trinajstić information content (AvgIpc) is 3.10. The van der Waals surface area contributed by atoms with Gasteiger partial charge >= 0.3 is 5.97 Å². The second-order valence-electron chi connectivity index (χ2n) is 7.06. The Bertz CT molecular complexity index is 1370. The normalized spacial score (nSPS) is 11.1. The van der Waals surface area contributed by atoms with Crippen LogP contribution in [0.4, 0.5) is 5.69 Å². The number of pyridine rings is 1. The molecule has 0 aliphatic carbocycles. The number of rotatable bonds is 5. The number of benzene rings is 1. The van der Waals surface area contributed by atoms with Gasteiger partial charge in [0.1, 0.15) is 16.1 Å². The first kappa shape index (κ1) is 20.7. The van der Waals surface area contributed by atoms with Crippen molar-refractivity contribution in [1.29, 1.82) is 0 Å². The summed E-state index contributed by atoms with van der Waals surface area (Å²) in [7, 11) is 0. The van der Waals surface area contributed by atoms with Crippen molar-refractivity contribution < 1.29 is 14.3 Å². The molecule has 0 saturated heterocycles. The largest absolute Gasteiger partial charge is 0.462 e. The lowest BCUT2D eigenvalue weighted by molar-refractivity contribution is -0.116. The molecule has 31 heavy (non-hydrogen) atoms. The molecule has 3 heterocycles. The highest BCUT2D eigenvalue weighted by atomic mass is 32.1. The molecule has 158 valence electrons. The number of hydrogen-bond donors (Lipinski definition) is 1. The van der Waals surface area contributed by atoms with E-state index in [1.165, 1.54) is 22.2 Å². The highest BCUT2D eigenvalue weighted by Gasteiger charge is 2.16. The SMILES string of the molecule is CCOC(=O)c1ccc(NC(=O)Cn2cnc3c(sc4nc(C)cc(C)c43)c2=O)cc1. The third-order valence-electron chi connectivity index (χ3n) is 4.74. The van der Waals surface area contributed by atoms with Crippen molar-refractivity contribution in [3.05, 3.63) is 63.8 Å². The fraction of sp³-hybridized carbons (Fsp3) is 0.227. The van der Waals surface area contributed by atoms with Gasteiger partial charge in [-0.2, -0.15) is 0 Å². The minimum Gasteiger partial charge on any atom is -0.462 e. The predicted molar refractivity (Wildman–Crippen MR) is 120 cm³/mol. The zero-order valence-corrected chi connectivity index (χ0v) is 18.1. The van der Waals surface area contributed by atoms with Crippen LogP contribution in [0, 0.1) is 13.8 Å². The summed E-state index contributed by atoms with van der Waals surface area (Å²) in [6, 6.07) is 8.32. The summed E-state index contributed by atoms with van der Waals surface area (Å²) >= 11 is 1.29. The van der Waals surface area contributed by atoms with Gasteiger partial charge in [-0.3, -0.25) is 14.2 Å². The summed E-state index contributed by atoms with van der Waals surface area (Å²) in [5.74, 6) is -0.798. The number of aryl methyl sites for hydroxylation is 2. The fourth-order valence-electron chi connectivity index (χ4n) is 3.37. The summed E-state index contributed by atoms with van der Waals surface area (Å²) in [5, 5.41) is 3.60. The maximum atomic E-state index is 12.9. The van der Waals surface area contributed by atoms with Gasteiger partial charge in [0.05, 0.1) is 24.0 Å². The molecular weight excluding hydrogens is 416 g/mol. The number of nitrogens with zero attached hydrogens (tertiary/aromatic N) is 3. The Hall–Kier alpha value is -3.59. The number of nitrogens with one attached hydrogen (secondary N) is 1. The molecule has 9 heteroatoms. The molecule has 0 bridgehead atoms. The van der Waals surface area contributed by atoms with Gasteiger partial charge in [-0.15, -0.1) is 11.3 Å². The van der Waals surface area contributed by atoms with Gasteiger partial charge in [0.25, 0.3) is 5.56 Å².